The van der Waals surface area contributed by atoms with Gasteiger partial charge in [0.05, 0.1) is 5.71 Å². The SMILES string of the molecule is CCc1c(Cl)cc(C2=NNC(=O)CC2)cc1Cl. The Labute approximate surface area is 110 Å². The van der Waals surface area contributed by atoms with E-state index in [1.165, 1.54) is 0 Å². The third-order valence-electron chi connectivity index (χ3n) is 2.73. The molecule has 0 bridgehead atoms. The molecule has 1 aliphatic rings. The lowest BCUT2D eigenvalue weighted by Crippen LogP contribution is -2.25. The maximum absolute atomic E-state index is 11.0. The summed E-state index contributed by atoms with van der Waals surface area (Å²) in [6.07, 6.45) is 1.86. The first kappa shape index (κ1) is 12.4. The van der Waals surface area contributed by atoms with Gasteiger partial charge in [0.1, 0.15) is 0 Å². The van der Waals surface area contributed by atoms with Gasteiger partial charge < -0.3 is 0 Å². The summed E-state index contributed by atoms with van der Waals surface area (Å²) in [5, 5.41) is 5.31. The van der Waals surface area contributed by atoms with Crippen LogP contribution in [0.1, 0.15) is 30.9 Å². The molecule has 17 heavy (non-hydrogen) atoms. The van der Waals surface area contributed by atoms with Crippen LogP contribution in [-0.4, -0.2) is 11.6 Å². The van der Waals surface area contributed by atoms with Crippen LogP contribution in [0.3, 0.4) is 0 Å². The molecule has 0 spiro atoms. The van der Waals surface area contributed by atoms with Gasteiger partial charge in [0.15, 0.2) is 0 Å². The molecule has 0 aliphatic carbocycles. The second kappa shape index (κ2) is 5.07. The lowest BCUT2D eigenvalue weighted by Gasteiger charge is -2.14. The van der Waals surface area contributed by atoms with Crippen molar-refractivity contribution in [3.05, 3.63) is 33.3 Å². The molecular weight excluding hydrogens is 259 g/mol. The second-order valence-corrected chi connectivity index (χ2v) is 4.68. The van der Waals surface area contributed by atoms with Gasteiger partial charge in [-0.25, -0.2) is 5.43 Å². The van der Waals surface area contributed by atoms with Gasteiger partial charge in [-0.15, -0.1) is 0 Å². The Morgan fingerprint density at radius 3 is 2.41 bits per heavy atom. The number of nitrogens with one attached hydrogen (secondary N) is 1. The standard InChI is InChI=1S/C12H12Cl2N2O/c1-2-8-9(13)5-7(6-10(8)14)11-3-4-12(17)16-15-11/h5-6H,2-4H2,1H3,(H,16,17). The van der Waals surface area contributed by atoms with Crippen LogP contribution in [0.15, 0.2) is 17.2 Å². The van der Waals surface area contributed by atoms with Crippen molar-refractivity contribution in [3.8, 4) is 0 Å². The summed E-state index contributed by atoms with van der Waals surface area (Å²) in [7, 11) is 0. The Kier molecular flexibility index (Phi) is 3.69. The van der Waals surface area contributed by atoms with Crippen LogP contribution in [0.4, 0.5) is 0 Å². The Balaban J connectivity index is 2.37. The van der Waals surface area contributed by atoms with E-state index in [-0.39, 0.29) is 5.91 Å². The minimum Gasteiger partial charge on any atom is -0.273 e. The van der Waals surface area contributed by atoms with E-state index in [1.807, 2.05) is 19.1 Å². The summed E-state index contributed by atoms with van der Waals surface area (Å²) in [5.41, 5.74) is 5.09. The Bertz CT molecular complexity index is 474. The van der Waals surface area contributed by atoms with E-state index in [0.29, 0.717) is 22.9 Å². The number of rotatable bonds is 2. The second-order valence-electron chi connectivity index (χ2n) is 3.87. The molecule has 0 aromatic heterocycles. The highest BCUT2D eigenvalue weighted by Gasteiger charge is 2.15. The third-order valence-corrected chi connectivity index (χ3v) is 3.41. The number of carbonyl (C=O) groups is 1. The quantitative estimate of drug-likeness (QED) is 0.881. The van der Waals surface area contributed by atoms with Crippen molar-refractivity contribution >= 4 is 34.8 Å². The third kappa shape index (κ3) is 2.61. The van der Waals surface area contributed by atoms with Gasteiger partial charge in [-0.1, -0.05) is 30.1 Å². The van der Waals surface area contributed by atoms with Crippen molar-refractivity contribution in [1.82, 2.24) is 5.43 Å². The molecule has 5 heteroatoms. The average Bonchev–Trinajstić information content (AvgIpc) is 2.29. The van der Waals surface area contributed by atoms with E-state index in [0.717, 1.165) is 23.3 Å². The monoisotopic (exact) mass is 270 g/mol. The van der Waals surface area contributed by atoms with E-state index in [2.05, 4.69) is 10.5 Å². The highest BCUT2D eigenvalue weighted by Crippen LogP contribution is 2.28. The van der Waals surface area contributed by atoms with E-state index < -0.39 is 0 Å². The maximum atomic E-state index is 11.0. The fourth-order valence-corrected chi connectivity index (χ4v) is 2.54. The van der Waals surface area contributed by atoms with Gasteiger partial charge >= 0.3 is 0 Å². The molecule has 2 rings (SSSR count). The van der Waals surface area contributed by atoms with Crippen molar-refractivity contribution in [2.45, 2.75) is 26.2 Å². The highest BCUT2D eigenvalue weighted by molar-refractivity contribution is 6.36. The molecular formula is C12H12Cl2N2O. The fourth-order valence-electron chi connectivity index (χ4n) is 1.79. The average molecular weight is 271 g/mol. The predicted molar refractivity (Wildman–Crippen MR) is 69.8 cm³/mol. The number of nitrogens with zero attached hydrogens (tertiary/aromatic N) is 1. The molecule has 0 atom stereocenters. The predicted octanol–water partition coefficient (Wildman–Crippen LogP) is 3.17. The molecule has 0 radical (unpaired) electrons. The van der Waals surface area contributed by atoms with Crippen LogP contribution < -0.4 is 5.43 Å². The first-order chi connectivity index (χ1) is 8.11. The van der Waals surface area contributed by atoms with Gasteiger partial charge in [0, 0.05) is 28.5 Å². The summed E-state index contributed by atoms with van der Waals surface area (Å²) in [5.74, 6) is -0.0591. The Morgan fingerprint density at radius 2 is 1.94 bits per heavy atom. The Morgan fingerprint density at radius 1 is 1.29 bits per heavy atom. The van der Waals surface area contributed by atoms with E-state index in [9.17, 15) is 4.79 Å². The maximum Gasteiger partial charge on any atom is 0.240 e. The zero-order valence-electron chi connectivity index (χ0n) is 9.39. The molecule has 3 nitrogen and oxygen atoms in total. The molecule has 0 unspecified atom stereocenters. The number of hydrogen-bond donors (Lipinski definition) is 1. The summed E-state index contributed by atoms with van der Waals surface area (Å²) >= 11 is 12.3. The molecule has 90 valence electrons. The molecule has 1 aromatic rings. The van der Waals surface area contributed by atoms with Crippen molar-refractivity contribution in [2.75, 3.05) is 0 Å². The molecule has 0 saturated carbocycles. The number of benzene rings is 1. The van der Waals surface area contributed by atoms with Crippen molar-refractivity contribution < 1.29 is 4.79 Å². The molecule has 0 saturated heterocycles. The minimum absolute atomic E-state index is 0.0591. The summed E-state index contributed by atoms with van der Waals surface area (Å²) < 4.78 is 0. The summed E-state index contributed by atoms with van der Waals surface area (Å²) in [4.78, 5) is 11.0. The van der Waals surface area contributed by atoms with Crippen molar-refractivity contribution in [2.24, 2.45) is 5.10 Å². The lowest BCUT2D eigenvalue weighted by molar-refractivity contribution is -0.121. The number of amides is 1. The van der Waals surface area contributed by atoms with E-state index in [4.69, 9.17) is 23.2 Å². The molecule has 1 aromatic carbocycles. The summed E-state index contributed by atoms with van der Waals surface area (Å²) in [6, 6.07) is 3.70. The van der Waals surface area contributed by atoms with Gasteiger partial charge in [-0.05, 0) is 24.1 Å². The molecule has 1 amide bonds. The van der Waals surface area contributed by atoms with Crippen LogP contribution in [0.5, 0.6) is 0 Å². The number of hydrazone groups is 1. The van der Waals surface area contributed by atoms with Gasteiger partial charge in [-0.3, -0.25) is 4.79 Å². The first-order valence-electron chi connectivity index (χ1n) is 5.45. The van der Waals surface area contributed by atoms with Crippen LogP contribution in [0.2, 0.25) is 10.0 Å². The van der Waals surface area contributed by atoms with Gasteiger partial charge in [0.25, 0.3) is 0 Å². The minimum atomic E-state index is -0.0591. The lowest BCUT2D eigenvalue weighted by atomic mass is 10.0. The van der Waals surface area contributed by atoms with Crippen LogP contribution in [0, 0.1) is 0 Å². The topological polar surface area (TPSA) is 41.5 Å². The number of hydrogen-bond acceptors (Lipinski definition) is 2. The number of carbonyl (C=O) groups excluding carboxylic acids is 1. The Hall–Kier alpha value is -1.06. The van der Waals surface area contributed by atoms with Crippen LogP contribution >= 0.6 is 23.2 Å². The smallest absolute Gasteiger partial charge is 0.240 e. The normalized spacial score (nSPS) is 15.5. The molecule has 1 N–H and O–H groups in total. The highest BCUT2D eigenvalue weighted by atomic mass is 35.5. The molecule has 1 heterocycles. The largest absolute Gasteiger partial charge is 0.273 e. The van der Waals surface area contributed by atoms with Crippen molar-refractivity contribution in [1.29, 1.82) is 0 Å². The fraction of sp³-hybridized carbons (Fsp3) is 0.333. The van der Waals surface area contributed by atoms with Crippen LogP contribution in [-0.2, 0) is 11.2 Å². The van der Waals surface area contributed by atoms with E-state index in [1.54, 1.807) is 0 Å². The molecule has 0 fully saturated rings. The van der Waals surface area contributed by atoms with Gasteiger partial charge in [0.2, 0.25) is 5.91 Å². The summed E-state index contributed by atoms with van der Waals surface area (Å²) in [6.45, 7) is 2.01. The van der Waals surface area contributed by atoms with E-state index >= 15 is 0 Å². The van der Waals surface area contributed by atoms with Gasteiger partial charge in [-0.2, -0.15) is 5.10 Å². The molecule has 1 aliphatic heterocycles. The van der Waals surface area contributed by atoms with Crippen LogP contribution in [0.25, 0.3) is 0 Å². The zero-order valence-corrected chi connectivity index (χ0v) is 10.9. The first-order valence-corrected chi connectivity index (χ1v) is 6.21. The zero-order chi connectivity index (χ0) is 12.4. The number of halogens is 2. The van der Waals surface area contributed by atoms with Crippen molar-refractivity contribution in [3.63, 3.8) is 0 Å².